The molecule has 6 heteroatoms. The first kappa shape index (κ1) is 13.2. The zero-order chi connectivity index (χ0) is 13.1. The third-order valence-corrected chi connectivity index (χ3v) is 3.03. The van der Waals surface area contributed by atoms with Crippen LogP contribution in [0.3, 0.4) is 0 Å². The summed E-state index contributed by atoms with van der Waals surface area (Å²) in [6.07, 6.45) is 1.69. The second kappa shape index (κ2) is 5.58. The Morgan fingerprint density at radius 3 is 3.00 bits per heavy atom. The van der Waals surface area contributed by atoms with E-state index < -0.39 is 5.82 Å². The number of hydrogen-bond acceptors (Lipinski definition) is 4. The zero-order valence-electron chi connectivity index (χ0n) is 9.86. The fourth-order valence-corrected chi connectivity index (χ4v) is 1.96. The van der Waals surface area contributed by atoms with E-state index in [0.717, 1.165) is 17.3 Å². The van der Waals surface area contributed by atoms with Gasteiger partial charge in [0.05, 0.1) is 11.6 Å². The number of nitrogens with two attached hydrogens (primary N) is 1. The summed E-state index contributed by atoms with van der Waals surface area (Å²) in [4.78, 5) is 4.14. The van der Waals surface area contributed by atoms with Crippen molar-refractivity contribution in [1.82, 2.24) is 10.1 Å². The predicted octanol–water partition coefficient (Wildman–Crippen LogP) is 3.44. The van der Waals surface area contributed by atoms with Crippen molar-refractivity contribution in [2.24, 2.45) is 5.73 Å². The molecule has 1 aromatic carbocycles. The molecule has 2 aromatic rings. The van der Waals surface area contributed by atoms with E-state index in [2.05, 4.69) is 26.1 Å². The summed E-state index contributed by atoms with van der Waals surface area (Å²) in [5.74, 6) is 0.152. The molecule has 0 aliphatic carbocycles. The molecule has 0 bridgehead atoms. The SMILES string of the molecule is CCCC(N)c1noc(-c2cc(Br)ccc2F)n1. The lowest BCUT2D eigenvalue weighted by atomic mass is 10.2. The third-order valence-electron chi connectivity index (χ3n) is 2.53. The summed E-state index contributed by atoms with van der Waals surface area (Å²) in [6, 6.07) is 4.27. The summed E-state index contributed by atoms with van der Waals surface area (Å²) < 4.78 is 19.4. The average Bonchev–Trinajstić information content (AvgIpc) is 2.82. The fraction of sp³-hybridized carbons (Fsp3) is 0.333. The number of aromatic nitrogens is 2. The molecule has 0 amide bonds. The Morgan fingerprint density at radius 1 is 1.50 bits per heavy atom. The molecule has 1 unspecified atom stereocenters. The Bertz CT molecular complexity index is 544. The highest BCUT2D eigenvalue weighted by Crippen LogP contribution is 2.26. The summed E-state index contributed by atoms with van der Waals surface area (Å²) in [5.41, 5.74) is 6.15. The lowest BCUT2D eigenvalue weighted by molar-refractivity contribution is 0.411. The molecule has 0 radical (unpaired) electrons. The van der Waals surface area contributed by atoms with Gasteiger partial charge in [0.25, 0.3) is 5.89 Å². The van der Waals surface area contributed by atoms with Gasteiger partial charge in [0, 0.05) is 4.47 Å². The van der Waals surface area contributed by atoms with Crippen molar-refractivity contribution in [3.8, 4) is 11.5 Å². The minimum Gasteiger partial charge on any atom is -0.334 e. The highest BCUT2D eigenvalue weighted by Gasteiger charge is 2.17. The van der Waals surface area contributed by atoms with E-state index in [1.807, 2.05) is 6.92 Å². The van der Waals surface area contributed by atoms with Gasteiger partial charge in [-0.2, -0.15) is 4.98 Å². The number of nitrogens with zero attached hydrogens (tertiary/aromatic N) is 2. The van der Waals surface area contributed by atoms with Crippen LogP contribution in [0.5, 0.6) is 0 Å². The van der Waals surface area contributed by atoms with Gasteiger partial charge in [-0.3, -0.25) is 0 Å². The van der Waals surface area contributed by atoms with E-state index >= 15 is 0 Å². The monoisotopic (exact) mass is 313 g/mol. The van der Waals surface area contributed by atoms with E-state index in [1.165, 1.54) is 6.07 Å². The highest BCUT2D eigenvalue weighted by atomic mass is 79.9. The smallest absolute Gasteiger partial charge is 0.260 e. The summed E-state index contributed by atoms with van der Waals surface area (Å²) in [6.45, 7) is 2.02. The normalized spacial score (nSPS) is 12.7. The minimum absolute atomic E-state index is 0.148. The first-order chi connectivity index (χ1) is 8.61. The fourth-order valence-electron chi connectivity index (χ4n) is 1.60. The first-order valence-electron chi connectivity index (χ1n) is 5.66. The predicted molar refractivity (Wildman–Crippen MR) is 69.2 cm³/mol. The summed E-state index contributed by atoms with van der Waals surface area (Å²) in [5, 5.41) is 3.79. The van der Waals surface area contributed by atoms with Gasteiger partial charge in [-0.1, -0.05) is 34.4 Å². The summed E-state index contributed by atoms with van der Waals surface area (Å²) in [7, 11) is 0. The van der Waals surface area contributed by atoms with E-state index in [9.17, 15) is 4.39 Å². The minimum atomic E-state index is -0.405. The van der Waals surface area contributed by atoms with Gasteiger partial charge in [-0.15, -0.1) is 0 Å². The lowest BCUT2D eigenvalue weighted by Crippen LogP contribution is -2.11. The second-order valence-electron chi connectivity index (χ2n) is 3.98. The molecule has 2 rings (SSSR count). The van der Waals surface area contributed by atoms with Crippen LogP contribution in [0, 0.1) is 5.82 Å². The Kier molecular flexibility index (Phi) is 4.08. The number of halogens is 2. The van der Waals surface area contributed by atoms with Crippen LogP contribution in [0.25, 0.3) is 11.5 Å². The van der Waals surface area contributed by atoms with Crippen LogP contribution in [-0.4, -0.2) is 10.1 Å². The van der Waals surface area contributed by atoms with Gasteiger partial charge < -0.3 is 10.3 Å². The van der Waals surface area contributed by atoms with Gasteiger partial charge in [0.2, 0.25) is 0 Å². The molecular weight excluding hydrogens is 301 g/mol. The van der Waals surface area contributed by atoms with Crippen molar-refractivity contribution in [2.45, 2.75) is 25.8 Å². The van der Waals surface area contributed by atoms with Crippen LogP contribution in [-0.2, 0) is 0 Å². The molecular formula is C12H13BrFN3O. The van der Waals surface area contributed by atoms with E-state index in [4.69, 9.17) is 10.3 Å². The van der Waals surface area contributed by atoms with Crippen molar-refractivity contribution in [3.63, 3.8) is 0 Å². The van der Waals surface area contributed by atoms with Crippen LogP contribution >= 0.6 is 15.9 Å². The Morgan fingerprint density at radius 2 is 2.28 bits per heavy atom. The quantitative estimate of drug-likeness (QED) is 0.939. The molecule has 2 N–H and O–H groups in total. The largest absolute Gasteiger partial charge is 0.334 e. The lowest BCUT2D eigenvalue weighted by Gasteiger charge is -2.02. The maximum absolute atomic E-state index is 13.6. The van der Waals surface area contributed by atoms with E-state index in [-0.39, 0.29) is 17.5 Å². The van der Waals surface area contributed by atoms with E-state index in [0.29, 0.717) is 5.82 Å². The molecule has 0 aliphatic rings. The Hall–Kier alpha value is -1.27. The van der Waals surface area contributed by atoms with Crippen LogP contribution in [0.2, 0.25) is 0 Å². The number of rotatable bonds is 4. The highest BCUT2D eigenvalue weighted by molar-refractivity contribution is 9.10. The number of hydrogen-bond donors (Lipinski definition) is 1. The average molecular weight is 314 g/mol. The van der Waals surface area contributed by atoms with Crippen LogP contribution in [0.1, 0.15) is 31.6 Å². The van der Waals surface area contributed by atoms with Crippen molar-refractivity contribution < 1.29 is 8.91 Å². The molecule has 1 aromatic heterocycles. The maximum Gasteiger partial charge on any atom is 0.260 e. The van der Waals surface area contributed by atoms with Crippen molar-refractivity contribution >= 4 is 15.9 Å². The van der Waals surface area contributed by atoms with Gasteiger partial charge in [0.15, 0.2) is 5.82 Å². The van der Waals surface area contributed by atoms with Gasteiger partial charge in [0.1, 0.15) is 5.82 Å². The standard InChI is InChI=1S/C12H13BrFN3O/c1-2-3-10(15)11-16-12(18-17-11)8-6-7(13)4-5-9(8)14/h4-6,10H,2-3,15H2,1H3. The summed E-state index contributed by atoms with van der Waals surface area (Å²) >= 11 is 3.27. The second-order valence-corrected chi connectivity index (χ2v) is 4.89. The van der Waals surface area contributed by atoms with Crippen LogP contribution in [0.15, 0.2) is 27.2 Å². The Labute approximate surface area is 113 Å². The molecule has 0 spiro atoms. The topological polar surface area (TPSA) is 64.9 Å². The van der Waals surface area contributed by atoms with Crippen molar-refractivity contribution in [2.75, 3.05) is 0 Å². The molecule has 4 nitrogen and oxygen atoms in total. The molecule has 96 valence electrons. The van der Waals surface area contributed by atoms with Gasteiger partial charge in [-0.05, 0) is 24.6 Å². The molecule has 1 atom stereocenters. The van der Waals surface area contributed by atoms with Crippen molar-refractivity contribution in [3.05, 3.63) is 34.3 Å². The molecule has 0 saturated heterocycles. The molecule has 0 fully saturated rings. The van der Waals surface area contributed by atoms with E-state index in [1.54, 1.807) is 12.1 Å². The van der Waals surface area contributed by atoms with Crippen molar-refractivity contribution in [1.29, 1.82) is 0 Å². The number of benzene rings is 1. The third kappa shape index (κ3) is 2.76. The van der Waals surface area contributed by atoms with Crippen LogP contribution in [0.4, 0.5) is 4.39 Å². The van der Waals surface area contributed by atoms with Gasteiger partial charge in [-0.25, -0.2) is 4.39 Å². The maximum atomic E-state index is 13.6. The molecule has 18 heavy (non-hydrogen) atoms. The molecule has 1 heterocycles. The molecule has 0 saturated carbocycles. The molecule has 0 aliphatic heterocycles. The van der Waals surface area contributed by atoms with Crippen LogP contribution < -0.4 is 5.73 Å². The van der Waals surface area contributed by atoms with Gasteiger partial charge >= 0.3 is 0 Å². The first-order valence-corrected chi connectivity index (χ1v) is 6.45. The Balaban J connectivity index is 2.32. The zero-order valence-corrected chi connectivity index (χ0v) is 11.4.